The summed E-state index contributed by atoms with van der Waals surface area (Å²) in [6.07, 6.45) is -4.91. The molecule has 26 heavy (non-hydrogen) atoms. The molecule has 0 unspecified atom stereocenters. The van der Waals surface area contributed by atoms with Crippen molar-refractivity contribution in [2.45, 2.75) is 58.4 Å². The van der Waals surface area contributed by atoms with Gasteiger partial charge in [-0.05, 0) is 30.9 Å². The lowest BCUT2D eigenvalue weighted by Crippen LogP contribution is -2.41. The first kappa shape index (κ1) is 20.5. The summed E-state index contributed by atoms with van der Waals surface area (Å²) in [5.41, 5.74) is -1.29. The molecule has 146 valence electrons. The SMILES string of the molecule is CCCn1c(Cl)nc2c1c(=O)n(CCCO)c(=O)n2CCCC(F)(F)F. The van der Waals surface area contributed by atoms with Crippen LogP contribution in [0.25, 0.3) is 11.2 Å². The van der Waals surface area contributed by atoms with Crippen LogP contribution in [0.2, 0.25) is 5.28 Å². The van der Waals surface area contributed by atoms with E-state index in [2.05, 4.69) is 4.98 Å². The summed E-state index contributed by atoms with van der Waals surface area (Å²) in [5, 5.41) is 8.98. The quantitative estimate of drug-likeness (QED) is 0.693. The first-order valence-corrected chi connectivity index (χ1v) is 8.66. The average Bonchev–Trinajstić information content (AvgIpc) is 2.87. The second-order valence-electron chi connectivity index (χ2n) is 5.89. The minimum Gasteiger partial charge on any atom is -0.396 e. The van der Waals surface area contributed by atoms with Crippen LogP contribution in [0.3, 0.4) is 0 Å². The largest absolute Gasteiger partial charge is 0.396 e. The van der Waals surface area contributed by atoms with Gasteiger partial charge in [-0.1, -0.05) is 6.92 Å². The third kappa shape index (κ3) is 4.29. The molecule has 0 aliphatic carbocycles. The minimum absolute atomic E-state index is 0.00262. The predicted octanol–water partition coefficient (Wildman–Crippen LogP) is 2.15. The highest BCUT2D eigenvalue weighted by atomic mass is 35.5. The minimum atomic E-state index is -4.34. The number of aliphatic hydroxyl groups excluding tert-OH is 1. The Balaban J connectivity index is 2.62. The number of halogens is 4. The Morgan fingerprint density at radius 3 is 2.31 bits per heavy atom. The molecule has 1 N–H and O–H groups in total. The van der Waals surface area contributed by atoms with E-state index in [1.54, 1.807) is 0 Å². The maximum absolute atomic E-state index is 12.7. The average molecular weight is 397 g/mol. The van der Waals surface area contributed by atoms with Gasteiger partial charge in [0.1, 0.15) is 0 Å². The van der Waals surface area contributed by atoms with Gasteiger partial charge in [0.15, 0.2) is 11.2 Å². The topological polar surface area (TPSA) is 82.1 Å². The standard InChI is InChI=1S/C15H20ClF3N4O3/c1-2-6-21-10-11(20-13(21)16)22(7-3-5-15(17,18)19)14(26)23(12(10)25)8-4-9-24/h24H,2-9H2,1H3. The van der Waals surface area contributed by atoms with Crippen LogP contribution >= 0.6 is 11.6 Å². The molecule has 0 fully saturated rings. The van der Waals surface area contributed by atoms with E-state index in [1.165, 1.54) is 4.57 Å². The first-order chi connectivity index (χ1) is 12.2. The molecule has 0 aliphatic rings. The Kier molecular flexibility index (Phi) is 6.51. The number of aromatic nitrogens is 4. The number of aryl methyl sites for hydroxylation is 2. The van der Waals surface area contributed by atoms with Crippen LogP contribution < -0.4 is 11.2 Å². The highest BCUT2D eigenvalue weighted by molar-refractivity contribution is 6.29. The van der Waals surface area contributed by atoms with Gasteiger partial charge in [-0.15, -0.1) is 0 Å². The van der Waals surface area contributed by atoms with Crippen LogP contribution in [0.1, 0.15) is 32.6 Å². The van der Waals surface area contributed by atoms with Crippen molar-refractivity contribution >= 4 is 22.8 Å². The van der Waals surface area contributed by atoms with E-state index in [-0.39, 0.29) is 49.0 Å². The molecule has 2 aromatic heterocycles. The molecule has 0 saturated heterocycles. The van der Waals surface area contributed by atoms with E-state index < -0.39 is 23.8 Å². The molecule has 0 atom stereocenters. The molecule has 2 aromatic rings. The number of hydrogen-bond acceptors (Lipinski definition) is 4. The van der Waals surface area contributed by atoms with Crippen LogP contribution in [-0.4, -0.2) is 36.6 Å². The Morgan fingerprint density at radius 2 is 1.73 bits per heavy atom. The van der Waals surface area contributed by atoms with Gasteiger partial charge in [0.05, 0.1) is 0 Å². The highest BCUT2D eigenvalue weighted by Crippen LogP contribution is 2.22. The zero-order valence-corrected chi connectivity index (χ0v) is 15.0. The summed E-state index contributed by atoms with van der Waals surface area (Å²) >= 11 is 6.07. The number of hydrogen-bond donors (Lipinski definition) is 1. The van der Waals surface area contributed by atoms with Gasteiger partial charge in [-0.2, -0.15) is 18.2 Å². The summed E-state index contributed by atoms with van der Waals surface area (Å²) in [5.74, 6) is 0. The van der Waals surface area contributed by atoms with Crippen LogP contribution in [0.5, 0.6) is 0 Å². The second kappa shape index (κ2) is 8.26. The Hall–Kier alpha value is -1.81. The van der Waals surface area contributed by atoms with Gasteiger partial charge in [-0.3, -0.25) is 13.9 Å². The van der Waals surface area contributed by atoms with Crippen molar-refractivity contribution in [3.63, 3.8) is 0 Å². The Bertz CT molecular complexity index is 885. The van der Waals surface area contributed by atoms with E-state index in [0.29, 0.717) is 13.0 Å². The van der Waals surface area contributed by atoms with Crippen LogP contribution in [0.15, 0.2) is 9.59 Å². The lowest BCUT2D eigenvalue weighted by atomic mass is 10.3. The lowest BCUT2D eigenvalue weighted by Gasteiger charge is -2.13. The molecule has 7 nitrogen and oxygen atoms in total. The normalized spacial score (nSPS) is 12.2. The molecule has 0 aromatic carbocycles. The third-order valence-electron chi connectivity index (χ3n) is 3.90. The van der Waals surface area contributed by atoms with Gasteiger partial charge in [0, 0.05) is 32.7 Å². The van der Waals surface area contributed by atoms with Gasteiger partial charge in [-0.25, -0.2) is 4.79 Å². The highest BCUT2D eigenvalue weighted by Gasteiger charge is 2.27. The van der Waals surface area contributed by atoms with Crippen molar-refractivity contribution < 1.29 is 18.3 Å². The van der Waals surface area contributed by atoms with E-state index in [4.69, 9.17) is 16.7 Å². The van der Waals surface area contributed by atoms with E-state index in [9.17, 15) is 22.8 Å². The molecular weight excluding hydrogens is 377 g/mol. The fourth-order valence-corrected chi connectivity index (χ4v) is 3.01. The number of alkyl halides is 3. The number of imidazole rings is 1. The van der Waals surface area contributed by atoms with Gasteiger partial charge >= 0.3 is 11.9 Å². The molecule has 0 amide bonds. The van der Waals surface area contributed by atoms with Crippen LogP contribution in [0.4, 0.5) is 13.2 Å². The zero-order valence-electron chi connectivity index (χ0n) is 14.2. The van der Waals surface area contributed by atoms with Gasteiger partial charge in [0.25, 0.3) is 5.56 Å². The molecule has 0 bridgehead atoms. The lowest BCUT2D eigenvalue weighted by molar-refractivity contribution is -0.135. The summed E-state index contributed by atoms with van der Waals surface area (Å²) in [6, 6.07) is 0. The van der Waals surface area contributed by atoms with Crippen molar-refractivity contribution in [1.82, 2.24) is 18.7 Å². The summed E-state index contributed by atoms with van der Waals surface area (Å²) in [4.78, 5) is 29.4. The fourth-order valence-electron chi connectivity index (χ4n) is 2.76. The van der Waals surface area contributed by atoms with Crippen molar-refractivity contribution in [3.8, 4) is 0 Å². The second-order valence-corrected chi connectivity index (χ2v) is 6.23. The predicted molar refractivity (Wildman–Crippen MR) is 90.5 cm³/mol. The molecule has 0 saturated carbocycles. The molecule has 0 radical (unpaired) electrons. The molecule has 2 heterocycles. The first-order valence-electron chi connectivity index (χ1n) is 8.28. The number of fused-ring (bicyclic) bond motifs is 1. The summed E-state index contributed by atoms with van der Waals surface area (Å²) in [7, 11) is 0. The van der Waals surface area contributed by atoms with Crippen LogP contribution in [-0.2, 0) is 19.6 Å². The van der Waals surface area contributed by atoms with E-state index in [0.717, 1.165) is 9.13 Å². The van der Waals surface area contributed by atoms with E-state index >= 15 is 0 Å². The summed E-state index contributed by atoms with van der Waals surface area (Å²) < 4.78 is 40.7. The smallest absolute Gasteiger partial charge is 0.389 e. The molecule has 0 spiro atoms. The molecule has 2 rings (SSSR count). The van der Waals surface area contributed by atoms with Crippen molar-refractivity contribution in [2.24, 2.45) is 0 Å². The van der Waals surface area contributed by atoms with Crippen molar-refractivity contribution in [3.05, 3.63) is 26.1 Å². The number of aliphatic hydroxyl groups is 1. The molecule has 11 heteroatoms. The van der Waals surface area contributed by atoms with Gasteiger partial charge in [0.2, 0.25) is 5.28 Å². The zero-order chi connectivity index (χ0) is 19.5. The maximum Gasteiger partial charge on any atom is 0.389 e. The fraction of sp³-hybridized carbons (Fsp3) is 0.667. The molecule has 0 aliphatic heterocycles. The van der Waals surface area contributed by atoms with Crippen LogP contribution in [0, 0.1) is 0 Å². The van der Waals surface area contributed by atoms with E-state index in [1.807, 2.05) is 6.92 Å². The number of nitrogens with zero attached hydrogens (tertiary/aromatic N) is 4. The molecular formula is C15H20ClF3N4O3. The van der Waals surface area contributed by atoms with Crippen molar-refractivity contribution in [1.29, 1.82) is 0 Å². The maximum atomic E-state index is 12.7. The number of rotatable bonds is 8. The Labute approximate surface area is 151 Å². The Morgan fingerprint density at radius 1 is 1.08 bits per heavy atom. The van der Waals surface area contributed by atoms with Crippen molar-refractivity contribution in [2.75, 3.05) is 6.61 Å². The monoisotopic (exact) mass is 396 g/mol. The van der Waals surface area contributed by atoms with Gasteiger partial charge < -0.3 is 9.67 Å². The third-order valence-corrected chi connectivity index (χ3v) is 4.19. The summed E-state index contributed by atoms with van der Waals surface area (Å²) in [6.45, 7) is 1.73.